The van der Waals surface area contributed by atoms with Crippen LogP contribution in [0.4, 0.5) is 0 Å². The fourth-order valence-electron chi connectivity index (χ4n) is 0.868. The maximum absolute atomic E-state index is 4.03. The molecule has 0 bridgehead atoms. The normalized spacial score (nSPS) is 9.46. The van der Waals surface area contributed by atoms with Gasteiger partial charge in [0.05, 0.1) is 12.5 Å². The molecule has 0 amide bonds. The Hall–Kier alpha value is -1.45. The van der Waals surface area contributed by atoms with Crippen molar-refractivity contribution in [2.45, 2.75) is 20.3 Å². The molecule has 0 spiro atoms. The van der Waals surface area contributed by atoms with Crippen LogP contribution in [0.3, 0.4) is 0 Å². The van der Waals surface area contributed by atoms with Gasteiger partial charge in [-0.15, -0.1) is 0 Å². The minimum atomic E-state index is 0.748. The van der Waals surface area contributed by atoms with Gasteiger partial charge < -0.3 is 4.57 Å². The molecule has 0 aliphatic rings. The van der Waals surface area contributed by atoms with Crippen LogP contribution in [0.25, 0.3) is 11.2 Å². The summed E-state index contributed by atoms with van der Waals surface area (Å²) in [5.41, 5.74) is 1.71. The molecule has 0 radical (unpaired) electrons. The monoisotopic (exact) mass is 178 g/mol. The van der Waals surface area contributed by atoms with Crippen LogP contribution in [0.15, 0.2) is 18.9 Å². The van der Waals surface area contributed by atoms with E-state index in [1.54, 1.807) is 12.5 Å². The standard InChI is InChI=1S/C6H6N4.C3H8/c1-10-4-9-6-5(10)2-7-3-8-6;1-3-2/h2-4H,1H3;3H2,1-2H3. The minimum absolute atomic E-state index is 0.748. The Bertz CT molecular complexity index is 366. The largest absolute Gasteiger partial charge is 0.331 e. The van der Waals surface area contributed by atoms with Crippen LogP contribution in [0.1, 0.15) is 20.3 Å². The first-order valence-corrected chi connectivity index (χ1v) is 4.36. The Morgan fingerprint density at radius 2 is 2.00 bits per heavy atom. The molecule has 4 nitrogen and oxygen atoms in total. The number of rotatable bonds is 0. The van der Waals surface area contributed by atoms with E-state index < -0.39 is 0 Å². The van der Waals surface area contributed by atoms with Crippen LogP contribution in [0.5, 0.6) is 0 Å². The van der Waals surface area contributed by atoms with Crippen molar-refractivity contribution in [2.75, 3.05) is 0 Å². The molecule has 0 aromatic carbocycles. The lowest BCUT2D eigenvalue weighted by molar-refractivity contribution is 0.944. The summed E-state index contributed by atoms with van der Waals surface area (Å²) in [6.45, 7) is 4.25. The molecule has 2 rings (SSSR count). The molecule has 0 saturated heterocycles. The van der Waals surface area contributed by atoms with E-state index in [1.807, 2.05) is 11.6 Å². The first-order chi connectivity index (χ1) is 6.29. The van der Waals surface area contributed by atoms with Gasteiger partial charge in [-0.1, -0.05) is 20.3 Å². The maximum atomic E-state index is 4.03. The molecule has 4 heteroatoms. The van der Waals surface area contributed by atoms with Gasteiger partial charge in [0.15, 0.2) is 5.65 Å². The van der Waals surface area contributed by atoms with E-state index in [-0.39, 0.29) is 0 Å². The van der Waals surface area contributed by atoms with E-state index in [9.17, 15) is 0 Å². The summed E-state index contributed by atoms with van der Waals surface area (Å²) in [6, 6.07) is 0. The highest BCUT2D eigenvalue weighted by Gasteiger charge is 1.96. The number of hydrogen-bond acceptors (Lipinski definition) is 3. The quantitative estimate of drug-likeness (QED) is 0.617. The van der Waals surface area contributed by atoms with E-state index >= 15 is 0 Å². The molecule has 0 atom stereocenters. The van der Waals surface area contributed by atoms with Crippen LogP contribution in [-0.4, -0.2) is 19.5 Å². The second-order valence-electron chi connectivity index (χ2n) is 2.79. The number of aryl methyl sites for hydroxylation is 1. The van der Waals surface area contributed by atoms with Gasteiger partial charge in [-0.2, -0.15) is 0 Å². The van der Waals surface area contributed by atoms with Crippen molar-refractivity contribution in [3.8, 4) is 0 Å². The summed E-state index contributed by atoms with van der Waals surface area (Å²) in [4.78, 5) is 11.9. The summed E-state index contributed by atoms with van der Waals surface area (Å²) in [5, 5.41) is 0. The highest BCUT2D eigenvalue weighted by molar-refractivity contribution is 5.68. The van der Waals surface area contributed by atoms with Crippen LogP contribution < -0.4 is 0 Å². The molecule has 0 fully saturated rings. The Morgan fingerprint density at radius 1 is 1.31 bits per heavy atom. The fourth-order valence-corrected chi connectivity index (χ4v) is 0.868. The van der Waals surface area contributed by atoms with E-state index in [2.05, 4.69) is 28.8 Å². The third-order valence-corrected chi connectivity index (χ3v) is 1.41. The van der Waals surface area contributed by atoms with Crippen molar-refractivity contribution in [3.63, 3.8) is 0 Å². The lowest BCUT2D eigenvalue weighted by atomic mass is 10.5. The summed E-state index contributed by atoms with van der Waals surface area (Å²) in [5.74, 6) is 0. The second kappa shape index (κ2) is 4.54. The Morgan fingerprint density at radius 3 is 2.62 bits per heavy atom. The summed E-state index contributed by atoms with van der Waals surface area (Å²) in [6.07, 6.45) is 6.21. The lowest BCUT2D eigenvalue weighted by Crippen LogP contribution is -1.85. The molecule has 0 N–H and O–H groups in total. The molecule has 0 aliphatic heterocycles. The molecule has 2 aromatic heterocycles. The number of nitrogens with zero attached hydrogens (tertiary/aromatic N) is 4. The predicted octanol–water partition coefficient (Wildman–Crippen LogP) is 1.78. The summed E-state index contributed by atoms with van der Waals surface area (Å²) >= 11 is 0. The van der Waals surface area contributed by atoms with Crippen molar-refractivity contribution < 1.29 is 0 Å². The van der Waals surface area contributed by atoms with Crippen molar-refractivity contribution >= 4 is 11.2 Å². The van der Waals surface area contributed by atoms with Crippen LogP contribution in [0.2, 0.25) is 0 Å². The SMILES string of the molecule is CCC.Cn1cnc2ncncc21. The third kappa shape index (κ3) is 2.24. The minimum Gasteiger partial charge on any atom is -0.331 e. The smallest absolute Gasteiger partial charge is 0.180 e. The summed E-state index contributed by atoms with van der Waals surface area (Å²) < 4.78 is 1.88. The number of fused-ring (bicyclic) bond motifs is 1. The highest BCUT2D eigenvalue weighted by atomic mass is 15.1. The van der Waals surface area contributed by atoms with Crippen molar-refractivity contribution in [2.24, 2.45) is 7.05 Å². The molecule has 70 valence electrons. The average molecular weight is 178 g/mol. The number of hydrogen-bond donors (Lipinski definition) is 0. The lowest BCUT2D eigenvalue weighted by Gasteiger charge is -1.88. The average Bonchev–Trinajstić information content (AvgIpc) is 2.50. The van der Waals surface area contributed by atoms with E-state index in [0.29, 0.717) is 0 Å². The zero-order valence-electron chi connectivity index (χ0n) is 8.23. The Kier molecular flexibility index (Phi) is 3.37. The summed E-state index contributed by atoms with van der Waals surface area (Å²) in [7, 11) is 1.92. The Balaban J connectivity index is 0.000000251. The topological polar surface area (TPSA) is 43.6 Å². The number of imidazole rings is 1. The first kappa shape index (κ1) is 9.64. The molecule has 0 saturated carbocycles. The first-order valence-electron chi connectivity index (χ1n) is 4.36. The molecule has 2 heterocycles. The maximum Gasteiger partial charge on any atom is 0.180 e. The molecule has 0 aliphatic carbocycles. The molecule has 13 heavy (non-hydrogen) atoms. The van der Waals surface area contributed by atoms with Crippen LogP contribution >= 0.6 is 0 Å². The second-order valence-corrected chi connectivity index (χ2v) is 2.79. The van der Waals surface area contributed by atoms with Gasteiger partial charge in [-0.25, -0.2) is 15.0 Å². The predicted molar refractivity (Wildman–Crippen MR) is 52.3 cm³/mol. The number of aromatic nitrogens is 4. The van der Waals surface area contributed by atoms with Gasteiger partial charge in [0.1, 0.15) is 11.8 Å². The van der Waals surface area contributed by atoms with Crippen molar-refractivity contribution in [3.05, 3.63) is 18.9 Å². The van der Waals surface area contributed by atoms with Crippen molar-refractivity contribution in [1.29, 1.82) is 0 Å². The fraction of sp³-hybridized carbons (Fsp3) is 0.444. The van der Waals surface area contributed by atoms with E-state index in [1.165, 1.54) is 12.7 Å². The molecule has 2 aromatic rings. The van der Waals surface area contributed by atoms with Gasteiger partial charge in [0.2, 0.25) is 0 Å². The van der Waals surface area contributed by atoms with E-state index in [4.69, 9.17) is 0 Å². The molecule has 0 unspecified atom stereocenters. The van der Waals surface area contributed by atoms with Gasteiger partial charge in [0, 0.05) is 7.05 Å². The third-order valence-electron chi connectivity index (χ3n) is 1.41. The van der Waals surface area contributed by atoms with Gasteiger partial charge in [0.25, 0.3) is 0 Å². The Labute approximate surface area is 77.7 Å². The van der Waals surface area contributed by atoms with E-state index in [0.717, 1.165) is 11.2 Å². The van der Waals surface area contributed by atoms with Crippen molar-refractivity contribution in [1.82, 2.24) is 19.5 Å². The highest BCUT2D eigenvalue weighted by Crippen LogP contribution is 2.03. The molecular formula is C9H14N4. The zero-order valence-corrected chi connectivity index (χ0v) is 8.23. The van der Waals surface area contributed by atoms with Crippen LogP contribution in [0, 0.1) is 0 Å². The zero-order chi connectivity index (χ0) is 9.68. The molecular weight excluding hydrogens is 164 g/mol. The van der Waals surface area contributed by atoms with Gasteiger partial charge in [-0.05, 0) is 0 Å². The van der Waals surface area contributed by atoms with Crippen LogP contribution in [-0.2, 0) is 7.05 Å². The van der Waals surface area contributed by atoms with Gasteiger partial charge in [-0.3, -0.25) is 0 Å². The van der Waals surface area contributed by atoms with Gasteiger partial charge >= 0.3 is 0 Å².